The number of benzene rings is 2. The van der Waals surface area contributed by atoms with E-state index in [1.54, 1.807) is 0 Å². The zero-order valence-electron chi connectivity index (χ0n) is 15.4. The molecule has 3 aromatic rings. The Labute approximate surface area is 164 Å². The van der Waals surface area contributed by atoms with Crippen LogP contribution in [0.1, 0.15) is 29.5 Å². The highest BCUT2D eigenvalue weighted by Gasteiger charge is 2.30. The van der Waals surface area contributed by atoms with Crippen LogP contribution < -0.4 is 5.32 Å². The highest BCUT2D eigenvalue weighted by atomic mass is 19.4. The van der Waals surface area contributed by atoms with E-state index < -0.39 is 11.7 Å². The first-order valence-electron chi connectivity index (χ1n) is 9.25. The molecule has 1 aliphatic carbocycles. The number of aryl methyl sites for hydroxylation is 3. The molecule has 0 bridgehead atoms. The molecule has 0 aliphatic heterocycles. The number of carbonyl (C=O) groups excluding carboxylic acids is 1. The number of nitrogens with zero attached hydrogens (tertiary/aromatic N) is 4. The van der Waals surface area contributed by atoms with Gasteiger partial charge < -0.3 is 5.32 Å². The van der Waals surface area contributed by atoms with E-state index in [2.05, 4.69) is 20.7 Å². The van der Waals surface area contributed by atoms with Crippen LogP contribution in [0.3, 0.4) is 0 Å². The molecule has 1 aromatic heterocycles. The molecule has 6 nitrogen and oxygen atoms in total. The molecule has 0 spiro atoms. The molecule has 0 saturated heterocycles. The molecule has 29 heavy (non-hydrogen) atoms. The van der Waals surface area contributed by atoms with E-state index in [-0.39, 0.29) is 30.3 Å². The average Bonchev–Trinajstić information content (AvgIpc) is 3.35. The van der Waals surface area contributed by atoms with E-state index in [0.29, 0.717) is 0 Å². The van der Waals surface area contributed by atoms with Crippen LogP contribution >= 0.6 is 0 Å². The van der Waals surface area contributed by atoms with Gasteiger partial charge in [-0.3, -0.25) is 4.79 Å². The quantitative estimate of drug-likeness (QED) is 0.704. The smallest absolute Gasteiger partial charge is 0.326 e. The Morgan fingerprint density at radius 2 is 1.93 bits per heavy atom. The van der Waals surface area contributed by atoms with Crippen LogP contribution in [0, 0.1) is 0 Å². The van der Waals surface area contributed by atoms with E-state index in [1.807, 2.05) is 18.2 Å². The maximum Gasteiger partial charge on any atom is 0.416 e. The van der Waals surface area contributed by atoms with Gasteiger partial charge in [-0.1, -0.05) is 18.2 Å². The summed E-state index contributed by atoms with van der Waals surface area (Å²) < 4.78 is 38.5. The monoisotopic (exact) mass is 401 g/mol. The van der Waals surface area contributed by atoms with Crippen molar-refractivity contribution in [3.8, 4) is 11.4 Å². The van der Waals surface area contributed by atoms with Gasteiger partial charge in [-0.25, -0.2) is 0 Å². The number of halogens is 3. The number of rotatable bonds is 5. The molecule has 1 N–H and O–H groups in total. The Balaban J connectivity index is 1.36. The van der Waals surface area contributed by atoms with Gasteiger partial charge in [-0.15, -0.1) is 10.2 Å². The van der Waals surface area contributed by atoms with Gasteiger partial charge in [0.25, 0.3) is 0 Å². The second-order valence-electron chi connectivity index (χ2n) is 6.92. The fraction of sp³-hybridized carbons (Fsp3) is 0.300. The normalized spacial score (nSPS) is 13.3. The average molecular weight is 401 g/mol. The topological polar surface area (TPSA) is 72.7 Å². The van der Waals surface area contributed by atoms with Crippen molar-refractivity contribution in [2.75, 3.05) is 5.32 Å². The number of aromatic nitrogens is 4. The van der Waals surface area contributed by atoms with Gasteiger partial charge in [0.05, 0.1) is 12.1 Å². The molecule has 2 aromatic carbocycles. The Morgan fingerprint density at radius 1 is 1.10 bits per heavy atom. The van der Waals surface area contributed by atoms with E-state index in [1.165, 1.54) is 28.1 Å². The molecule has 9 heteroatoms. The van der Waals surface area contributed by atoms with Crippen molar-refractivity contribution in [1.82, 2.24) is 20.2 Å². The van der Waals surface area contributed by atoms with Crippen LogP contribution in [0.15, 0.2) is 42.5 Å². The van der Waals surface area contributed by atoms with E-state index in [4.69, 9.17) is 0 Å². The van der Waals surface area contributed by atoms with Crippen molar-refractivity contribution < 1.29 is 18.0 Å². The van der Waals surface area contributed by atoms with Gasteiger partial charge in [0.15, 0.2) is 0 Å². The molecule has 4 rings (SSSR count). The fourth-order valence-corrected chi connectivity index (χ4v) is 3.36. The van der Waals surface area contributed by atoms with Crippen LogP contribution in [0.5, 0.6) is 0 Å². The number of tetrazole rings is 1. The fourth-order valence-electron chi connectivity index (χ4n) is 3.36. The lowest BCUT2D eigenvalue weighted by atomic mass is 10.1. The van der Waals surface area contributed by atoms with Crippen LogP contribution in [0.25, 0.3) is 11.4 Å². The molecular weight excluding hydrogens is 383 g/mol. The van der Waals surface area contributed by atoms with Crippen LogP contribution in [-0.2, 0) is 30.4 Å². The largest absolute Gasteiger partial charge is 0.416 e. The minimum atomic E-state index is -4.44. The molecule has 1 heterocycles. The number of alkyl halides is 3. The summed E-state index contributed by atoms with van der Waals surface area (Å²) in [6.07, 6.45) is -1.08. The van der Waals surface area contributed by atoms with E-state index in [0.717, 1.165) is 37.1 Å². The highest BCUT2D eigenvalue weighted by molar-refractivity contribution is 5.90. The molecule has 1 amide bonds. The highest BCUT2D eigenvalue weighted by Crippen LogP contribution is 2.31. The van der Waals surface area contributed by atoms with Crippen molar-refractivity contribution in [2.45, 2.75) is 38.4 Å². The molecule has 0 radical (unpaired) electrons. The van der Waals surface area contributed by atoms with Gasteiger partial charge in [0.1, 0.15) is 0 Å². The molecule has 0 fully saturated rings. The van der Waals surface area contributed by atoms with Crippen LogP contribution in [0.4, 0.5) is 18.9 Å². The molecular formula is C20H18F3N5O. The number of nitrogens with one attached hydrogen (secondary N) is 1. The Hall–Kier alpha value is -3.23. The molecule has 0 atom stereocenters. The predicted molar refractivity (Wildman–Crippen MR) is 100.0 cm³/mol. The summed E-state index contributed by atoms with van der Waals surface area (Å²) in [5, 5.41) is 14.5. The van der Waals surface area contributed by atoms with Crippen molar-refractivity contribution in [1.29, 1.82) is 0 Å². The summed E-state index contributed by atoms with van der Waals surface area (Å²) in [5.74, 6) is -0.115. The number of hydrogen-bond donors (Lipinski definition) is 1. The minimum Gasteiger partial charge on any atom is -0.326 e. The van der Waals surface area contributed by atoms with Gasteiger partial charge >= 0.3 is 6.18 Å². The van der Waals surface area contributed by atoms with E-state index in [9.17, 15) is 18.0 Å². The molecule has 0 unspecified atom stereocenters. The van der Waals surface area contributed by atoms with Crippen molar-refractivity contribution in [2.24, 2.45) is 0 Å². The zero-order valence-corrected chi connectivity index (χ0v) is 15.4. The second-order valence-corrected chi connectivity index (χ2v) is 6.92. The van der Waals surface area contributed by atoms with Gasteiger partial charge in [0, 0.05) is 17.7 Å². The van der Waals surface area contributed by atoms with Crippen molar-refractivity contribution in [3.63, 3.8) is 0 Å². The number of anilines is 1. The first kappa shape index (κ1) is 19.1. The lowest BCUT2D eigenvalue weighted by molar-refractivity contribution is -0.137. The molecule has 150 valence electrons. The Kier molecular flexibility index (Phi) is 5.04. The lowest BCUT2D eigenvalue weighted by Crippen LogP contribution is -2.15. The summed E-state index contributed by atoms with van der Waals surface area (Å²) >= 11 is 0. The lowest BCUT2D eigenvalue weighted by Gasteiger charge is -2.07. The Morgan fingerprint density at radius 3 is 2.76 bits per heavy atom. The van der Waals surface area contributed by atoms with Crippen molar-refractivity contribution in [3.05, 3.63) is 59.2 Å². The third kappa shape index (κ3) is 4.44. The summed E-state index contributed by atoms with van der Waals surface area (Å²) in [5.41, 5.74) is 2.80. The number of hydrogen-bond acceptors (Lipinski definition) is 4. The molecule has 1 aliphatic rings. The number of amides is 1. The van der Waals surface area contributed by atoms with Crippen LogP contribution in [0.2, 0.25) is 0 Å². The summed E-state index contributed by atoms with van der Waals surface area (Å²) in [4.78, 5) is 13.4. The summed E-state index contributed by atoms with van der Waals surface area (Å²) in [7, 11) is 0. The first-order chi connectivity index (χ1) is 13.9. The maximum absolute atomic E-state index is 12.8. The Bertz CT molecular complexity index is 1040. The summed E-state index contributed by atoms with van der Waals surface area (Å²) in [6.45, 7) is 0.169. The van der Waals surface area contributed by atoms with Gasteiger partial charge in [-0.05, 0) is 59.9 Å². The van der Waals surface area contributed by atoms with E-state index >= 15 is 0 Å². The van der Waals surface area contributed by atoms with Crippen molar-refractivity contribution >= 4 is 11.6 Å². The van der Waals surface area contributed by atoms with Crippen LogP contribution in [-0.4, -0.2) is 26.1 Å². The summed E-state index contributed by atoms with van der Waals surface area (Å²) in [6, 6.07) is 10.7. The first-order valence-corrected chi connectivity index (χ1v) is 9.25. The zero-order chi connectivity index (χ0) is 20.4. The third-order valence-electron chi connectivity index (χ3n) is 4.82. The number of fused-ring (bicyclic) bond motifs is 1. The van der Waals surface area contributed by atoms with Gasteiger partial charge in [0.2, 0.25) is 11.7 Å². The van der Waals surface area contributed by atoms with Gasteiger partial charge in [-0.2, -0.15) is 18.0 Å². The molecule has 0 saturated carbocycles. The second kappa shape index (κ2) is 7.65. The predicted octanol–water partition coefficient (Wildman–Crippen LogP) is 3.88. The standard InChI is InChI=1S/C20H18F3N5O/c21-20(22,23)16-6-2-5-15(11-16)19-25-27-28(26-19)10-9-18(29)24-17-8-7-13-3-1-4-14(13)12-17/h2,5-8,11-12H,1,3-4,9-10H2,(H,24,29). The maximum atomic E-state index is 12.8. The third-order valence-corrected chi connectivity index (χ3v) is 4.82. The SMILES string of the molecule is O=C(CCn1nnc(-c2cccc(C(F)(F)F)c2)n1)Nc1ccc2c(c1)CCC2. The number of carbonyl (C=O) groups is 1. The minimum absolute atomic E-state index is 0.0788.